The zero-order valence-electron chi connectivity index (χ0n) is 13.3. The van der Waals surface area contributed by atoms with Gasteiger partial charge < -0.3 is 4.74 Å². The first kappa shape index (κ1) is 16.8. The minimum absolute atomic E-state index is 0.0167. The van der Waals surface area contributed by atoms with Gasteiger partial charge in [-0.3, -0.25) is 9.59 Å². The fourth-order valence-corrected chi connectivity index (χ4v) is 4.46. The van der Waals surface area contributed by atoms with Crippen molar-refractivity contribution in [2.45, 2.75) is 52.1 Å². The Morgan fingerprint density at radius 1 is 1.09 bits per heavy atom. The Morgan fingerprint density at radius 3 is 2.35 bits per heavy atom. The normalized spacial score (nSPS) is 26.2. The summed E-state index contributed by atoms with van der Waals surface area (Å²) in [5, 5.41) is 0.956. The van der Waals surface area contributed by atoms with Gasteiger partial charge in [-0.25, -0.2) is 0 Å². The molecule has 3 rings (SSSR count). The van der Waals surface area contributed by atoms with Crippen LogP contribution in [0.4, 0.5) is 0 Å². The number of Topliss-reactive ketones (excluding diaryl/α,β-unsaturated/α-hetero) is 1. The molecule has 1 aliphatic heterocycles. The summed E-state index contributed by atoms with van der Waals surface area (Å²) in [6, 6.07) is 5.12. The molecule has 0 radical (unpaired) electrons. The zero-order valence-corrected chi connectivity index (χ0v) is 14.8. The molecule has 1 aromatic carbocycles. The van der Waals surface area contributed by atoms with Crippen molar-refractivity contribution in [1.29, 1.82) is 0 Å². The monoisotopic (exact) mass is 354 g/mol. The molecule has 1 heterocycles. The largest absolute Gasteiger partial charge is 0.456 e. The van der Waals surface area contributed by atoms with Crippen molar-refractivity contribution in [3.8, 4) is 0 Å². The molecule has 2 fully saturated rings. The lowest BCUT2D eigenvalue weighted by atomic mass is 9.59. The van der Waals surface area contributed by atoms with E-state index >= 15 is 0 Å². The Hall–Kier alpha value is -1.06. The van der Waals surface area contributed by atoms with Crippen molar-refractivity contribution in [1.82, 2.24) is 0 Å². The Morgan fingerprint density at radius 2 is 1.74 bits per heavy atom. The number of benzene rings is 1. The fraction of sp³-hybridized carbons (Fsp3) is 0.556. The van der Waals surface area contributed by atoms with E-state index < -0.39 is 22.9 Å². The van der Waals surface area contributed by atoms with Crippen LogP contribution in [0.2, 0.25) is 10.0 Å². The summed E-state index contributed by atoms with van der Waals surface area (Å²) in [4.78, 5) is 25.6. The highest BCUT2D eigenvalue weighted by Gasteiger charge is 2.60. The average Bonchev–Trinajstić information content (AvgIpc) is 2.51. The minimum atomic E-state index is -1.10. The predicted molar refractivity (Wildman–Crippen MR) is 89.6 cm³/mol. The number of esters is 1. The van der Waals surface area contributed by atoms with Crippen LogP contribution in [0, 0.1) is 10.8 Å². The van der Waals surface area contributed by atoms with Gasteiger partial charge in [-0.2, -0.15) is 0 Å². The van der Waals surface area contributed by atoms with Gasteiger partial charge in [0, 0.05) is 15.6 Å². The van der Waals surface area contributed by atoms with Crippen molar-refractivity contribution < 1.29 is 14.3 Å². The summed E-state index contributed by atoms with van der Waals surface area (Å²) in [7, 11) is 0. The predicted octanol–water partition coefficient (Wildman–Crippen LogP) is 5.14. The Bertz CT molecular complexity index is 660. The van der Waals surface area contributed by atoms with Crippen LogP contribution in [0.1, 0.15) is 57.6 Å². The molecule has 0 amide bonds. The molecule has 23 heavy (non-hydrogen) atoms. The third-order valence-corrected chi connectivity index (χ3v) is 5.81. The van der Waals surface area contributed by atoms with Crippen molar-refractivity contribution in [3.05, 3.63) is 33.8 Å². The molecule has 1 atom stereocenters. The maximum Gasteiger partial charge on any atom is 0.319 e. The number of hydrogen-bond donors (Lipinski definition) is 0. The van der Waals surface area contributed by atoms with Crippen LogP contribution in [-0.4, -0.2) is 11.8 Å². The molecular weight excluding hydrogens is 335 g/mol. The van der Waals surface area contributed by atoms with Gasteiger partial charge >= 0.3 is 5.97 Å². The van der Waals surface area contributed by atoms with E-state index in [0.717, 1.165) is 32.1 Å². The Balaban J connectivity index is 2.12. The molecule has 0 unspecified atom stereocenters. The van der Waals surface area contributed by atoms with Crippen LogP contribution in [0.15, 0.2) is 18.2 Å². The van der Waals surface area contributed by atoms with Gasteiger partial charge in [0.15, 0.2) is 5.78 Å². The van der Waals surface area contributed by atoms with Crippen LogP contribution < -0.4 is 0 Å². The zero-order chi connectivity index (χ0) is 16.8. The number of ether oxygens (including phenoxy) is 1. The van der Waals surface area contributed by atoms with E-state index in [9.17, 15) is 9.59 Å². The lowest BCUT2D eigenvalue weighted by Crippen LogP contribution is -2.55. The third kappa shape index (κ3) is 2.58. The van der Waals surface area contributed by atoms with Crippen molar-refractivity contribution >= 4 is 35.0 Å². The number of rotatable bonds is 1. The molecule has 0 aromatic heterocycles. The quantitative estimate of drug-likeness (QED) is 0.518. The molecule has 1 saturated heterocycles. The fourth-order valence-electron chi connectivity index (χ4n) is 3.95. The maximum absolute atomic E-state index is 13.2. The molecule has 5 heteroatoms. The van der Waals surface area contributed by atoms with Crippen molar-refractivity contribution in [2.24, 2.45) is 10.8 Å². The molecule has 1 aromatic rings. The molecule has 124 valence electrons. The Labute approximate surface area is 146 Å². The van der Waals surface area contributed by atoms with Crippen LogP contribution in [0.3, 0.4) is 0 Å². The van der Waals surface area contributed by atoms with E-state index in [2.05, 4.69) is 0 Å². The SMILES string of the molecule is CC1(C)C(=O)O[C@H](c2ccc(Cl)cc2Cl)C2(CCCCC2)C1=O. The molecule has 2 aliphatic rings. The summed E-state index contributed by atoms with van der Waals surface area (Å²) in [6.45, 7) is 3.32. The first-order valence-corrected chi connectivity index (χ1v) is 8.75. The molecule has 3 nitrogen and oxygen atoms in total. The number of cyclic esters (lactones) is 1. The number of ketones is 1. The second-order valence-corrected chi connectivity index (χ2v) is 7.97. The van der Waals surface area contributed by atoms with Crippen LogP contribution in [-0.2, 0) is 14.3 Å². The smallest absolute Gasteiger partial charge is 0.319 e. The van der Waals surface area contributed by atoms with E-state index in [1.165, 1.54) is 0 Å². The van der Waals surface area contributed by atoms with Crippen molar-refractivity contribution in [3.63, 3.8) is 0 Å². The minimum Gasteiger partial charge on any atom is -0.456 e. The van der Waals surface area contributed by atoms with E-state index in [4.69, 9.17) is 27.9 Å². The van der Waals surface area contributed by atoms with E-state index in [1.807, 2.05) is 0 Å². The topological polar surface area (TPSA) is 43.4 Å². The summed E-state index contributed by atoms with van der Waals surface area (Å²) in [5.41, 5.74) is -1.10. The van der Waals surface area contributed by atoms with E-state index in [-0.39, 0.29) is 5.78 Å². The molecule has 0 bridgehead atoms. The van der Waals surface area contributed by atoms with Gasteiger partial charge in [-0.05, 0) is 38.8 Å². The number of carbonyl (C=O) groups excluding carboxylic acids is 2. The maximum atomic E-state index is 13.2. The number of halogens is 2. The van der Waals surface area contributed by atoms with E-state index in [1.54, 1.807) is 32.0 Å². The first-order valence-electron chi connectivity index (χ1n) is 8.00. The summed E-state index contributed by atoms with van der Waals surface area (Å²) < 4.78 is 5.78. The summed E-state index contributed by atoms with van der Waals surface area (Å²) in [5.74, 6) is -0.494. The number of carbonyl (C=O) groups is 2. The lowest BCUT2D eigenvalue weighted by molar-refractivity contribution is -0.192. The highest BCUT2D eigenvalue weighted by atomic mass is 35.5. The molecule has 0 N–H and O–H groups in total. The second kappa shape index (κ2) is 5.78. The lowest BCUT2D eigenvalue weighted by Gasteiger charge is -2.49. The molecular formula is C18H20Cl2O3. The van der Waals surface area contributed by atoms with Gasteiger partial charge in [-0.1, -0.05) is 48.5 Å². The van der Waals surface area contributed by atoms with Crippen LogP contribution in [0.25, 0.3) is 0 Å². The van der Waals surface area contributed by atoms with Gasteiger partial charge in [0.2, 0.25) is 0 Å². The molecule has 1 spiro atoms. The number of hydrogen-bond acceptors (Lipinski definition) is 3. The van der Waals surface area contributed by atoms with Crippen LogP contribution in [0.5, 0.6) is 0 Å². The highest BCUT2D eigenvalue weighted by molar-refractivity contribution is 6.35. The van der Waals surface area contributed by atoms with Crippen molar-refractivity contribution in [2.75, 3.05) is 0 Å². The van der Waals surface area contributed by atoms with Gasteiger partial charge in [0.25, 0.3) is 0 Å². The standard InChI is InChI=1S/C18H20Cl2O3/c1-17(2)15(21)18(8-4-3-5-9-18)14(23-16(17)22)12-7-6-11(19)10-13(12)20/h6-7,10,14H,3-5,8-9H2,1-2H3/t14-/m1/s1. The average molecular weight is 355 g/mol. The third-order valence-electron chi connectivity index (χ3n) is 5.25. The summed E-state index contributed by atoms with van der Waals surface area (Å²) in [6.07, 6.45) is 3.85. The Kier molecular flexibility index (Phi) is 4.22. The van der Waals surface area contributed by atoms with Crippen LogP contribution >= 0.6 is 23.2 Å². The van der Waals surface area contributed by atoms with Gasteiger partial charge in [-0.15, -0.1) is 0 Å². The van der Waals surface area contributed by atoms with E-state index in [0.29, 0.717) is 15.6 Å². The summed E-state index contributed by atoms with van der Waals surface area (Å²) >= 11 is 12.3. The van der Waals surface area contributed by atoms with Gasteiger partial charge in [0.1, 0.15) is 11.5 Å². The second-order valence-electron chi connectivity index (χ2n) is 7.12. The highest BCUT2D eigenvalue weighted by Crippen LogP contribution is 2.56. The first-order chi connectivity index (χ1) is 10.8. The molecule has 1 aliphatic carbocycles. The molecule has 1 saturated carbocycles. The van der Waals surface area contributed by atoms with Gasteiger partial charge in [0.05, 0.1) is 5.41 Å².